The van der Waals surface area contributed by atoms with Crippen LogP contribution in [0.25, 0.3) is 10.9 Å². The summed E-state index contributed by atoms with van der Waals surface area (Å²) in [5, 5.41) is 3.45. The number of carbonyl (C=O) groups is 1. The molecule has 4 rings (SSSR count). The molecule has 0 atom stereocenters. The van der Waals surface area contributed by atoms with E-state index in [0.717, 1.165) is 35.0 Å². The van der Waals surface area contributed by atoms with Gasteiger partial charge >= 0.3 is 6.18 Å². The number of ether oxygens (including phenoxy) is 2. The van der Waals surface area contributed by atoms with Crippen molar-refractivity contribution in [1.82, 2.24) is 9.55 Å². The number of fused-ring (bicyclic) bond motifs is 1. The molecule has 1 N–H and O–H groups in total. The largest absolute Gasteiger partial charge is 0.493 e. The zero-order valence-corrected chi connectivity index (χ0v) is 23.2. The maximum Gasteiger partial charge on any atom is 0.416 e. The highest BCUT2D eigenvalue weighted by Crippen LogP contribution is 2.32. The lowest BCUT2D eigenvalue weighted by Crippen LogP contribution is -2.25. The Morgan fingerprint density at radius 3 is 2.20 bits per heavy atom. The Hall–Kier alpha value is -3.99. The second-order valence-corrected chi connectivity index (χ2v) is 10.2. The Morgan fingerprint density at radius 2 is 1.60 bits per heavy atom. The zero-order chi connectivity index (χ0) is 29.0. The molecule has 1 heterocycles. The number of amides is 1. The number of thioether (sulfide) groups is 1. The molecule has 0 unspecified atom stereocenters. The van der Waals surface area contributed by atoms with Gasteiger partial charge in [-0.05, 0) is 67.3 Å². The van der Waals surface area contributed by atoms with Gasteiger partial charge in [0, 0.05) is 18.3 Å². The average molecular weight is 572 g/mol. The number of methoxy groups -OCH3 is 2. The summed E-state index contributed by atoms with van der Waals surface area (Å²) in [5.41, 5.74) is 2.58. The third kappa shape index (κ3) is 6.77. The number of aryl methyl sites for hydroxylation is 3. The number of halogens is 3. The van der Waals surface area contributed by atoms with Crippen LogP contribution in [0.2, 0.25) is 0 Å². The van der Waals surface area contributed by atoms with E-state index < -0.39 is 11.7 Å². The Labute approximate surface area is 233 Å². The summed E-state index contributed by atoms with van der Waals surface area (Å²) in [4.78, 5) is 31.0. The van der Waals surface area contributed by atoms with Crippen LogP contribution < -0.4 is 20.3 Å². The number of rotatable bonds is 9. The van der Waals surface area contributed by atoms with E-state index >= 15 is 0 Å². The van der Waals surface area contributed by atoms with Gasteiger partial charge in [-0.15, -0.1) is 0 Å². The minimum absolute atomic E-state index is 0.0154. The van der Waals surface area contributed by atoms with Crippen LogP contribution in [0.4, 0.5) is 18.9 Å². The molecule has 0 aliphatic carbocycles. The van der Waals surface area contributed by atoms with E-state index in [0.29, 0.717) is 33.4 Å². The van der Waals surface area contributed by atoms with Gasteiger partial charge in [0.15, 0.2) is 16.7 Å². The predicted molar refractivity (Wildman–Crippen MR) is 150 cm³/mol. The topological polar surface area (TPSA) is 82.5 Å². The quantitative estimate of drug-likeness (QED) is 0.195. The lowest BCUT2D eigenvalue weighted by atomic mass is 10.1. The fraction of sp³-hybridized carbons (Fsp3) is 0.276. The molecular weight excluding hydrogens is 543 g/mol. The summed E-state index contributed by atoms with van der Waals surface area (Å²) < 4.78 is 51.0. The Balaban J connectivity index is 1.64. The first kappa shape index (κ1) is 29.0. The maximum absolute atomic E-state index is 13.6. The predicted octanol–water partition coefficient (Wildman–Crippen LogP) is 6.02. The van der Waals surface area contributed by atoms with E-state index in [4.69, 9.17) is 9.47 Å². The van der Waals surface area contributed by atoms with Gasteiger partial charge in [-0.2, -0.15) is 13.2 Å². The molecule has 7 nitrogen and oxygen atoms in total. The van der Waals surface area contributed by atoms with Crippen molar-refractivity contribution >= 4 is 34.3 Å². The summed E-state index contributed by atoms with van der Waals surface area (Å²) >= 11 is 1.10. The van der Waals surface area contributed by atoms with E-state index in [1.165, 1.54) is 30.9 Å². The van der Waals surface area contributed by atoms with Crippen molar-refractivity contribution in [3.63, 3.8) is 0 Å². The number of hydrogen-bond donors (Lipinski definition) is 1. The minimum Gasteiger partial charge on any atom is -0.493 e. The number of alkyl halides is 3. The first-order chi connectivity index (χ1) is 19.0. The molecule has 1 aromatic heterocycles. The van der Waals surface area contributed by atoms with Crippen LogP contribution in [0.3, 0.4) is 0 Å². The Bertz CT molecular complexity index is 1580. The van der Waals surface area contributed by atoms with Gasteiger partial charge in [-0.25, -0.2) is 4.98 Å². The van der Waals surface area contributed by atoms with Gasteiger partial charge in [0.1, 0.15) is 0 Å². The number of anilines is 1. The molecule has 11 heteroatoms. The van der Waals surface area contributed by atoms with Gasteiger partial charge in [-0.3, -0.25) is 14.2 Å². The first-order valence-electron chi connectivity index (χ1n) is 12.3. The highest BCUT2D eigenvalue weighted by Gasteiger charge is 2.30. The second kappa shape index (κ2) is 12.0. The molecule has 3 aromatic carbocycles. The fourth-order valence-corrected chi connectivity index (χ4v) is 5.14. The number of hydrogen-bond acceptors (Lipinski definition) is 6. The number of benzene rings is 3. The van der Waals surface area contributed by atoms with Crippen molar-refractivity contribution in [2.45, 2.75) is 38.1 Å². The van der Waals surface area contributed by atoms with E-state index in [9.17, 15) is 22.8 Å². The maximum atomic E-state index is 13.6. The summed E-state index contributed by atoms with van der Waals surface area (Å²) in [5.74, 6) is 0.466. The lowest BCUT2D eigenvalue weighted by Gasteiger charge is -2.15. The summed E-state index contributed by atoms with van der Waals surface area (Å²) in [6, 6.07) is 13.7. The van der Waals surface area contributed by atoms with Crippen molar-refractivity contribution < 1.29 is 27.4 Å². The summed E-state index contributed by atoms with van der Waals surface area (Å²) in [6.45, 7) is 4.02. The summed E-state index contributed by atoms with van der Waals surface area (Å²) in [6.07, 6.45) is -4.15. The van der Waals surface area contributed by atoms with Gasteiger partial charge < -0.3 is 14.8 Å². The van der Waals surface area contributed by atoms with Crippen LogP contribution in [-0.4, -0.2) is 35.4 Å². The average Bonchev–Trinajstić information content (AvgIpc) is 2.90. The molecule has 1 amide bonds. The fourth-order valence-electron chi connectivity index (χ4n) is 4.31. The van der Waals surface area contributed by atoms with Crippen LogP contribution in [0.15, 0.2) is 64.5 Å². The van der Waals surface area contributed by atoms with Crippen LogP contribution in [0.5, 0.6) is 11.5 Å². The van der Waals surface area contributed by atoms with E-state index in [2.05, 4.69) is 10.3 Å². The van der Waals surface area contributed by atoms with Gasteiger partial charge in [0.2, 0.25) is 5.91 Å². The van der Waals surface area contributed by atoms with Gasteiger partial charge in [0.25, 0.3) is 5.56 Å². The van der Waals surface area contributed by atoms with E-state index in [-0.39, 0.29) is 35.6 Å². The van der Waals surface area contributed by atoms with Crippen LogP contribution in [0, 0.1) is 13.8 Å². The third-order valence-corrected chi connectivity index (χ3v) is 7.14. The van der Waals surface area contributed by atoms with Crippen molar-refractivity contribution in [1.29, 1.82) is 0 Å². The van der Waals surface area contributed by atoms with Crippen LogP contribution in [-0.2, 0) is 23.9 Å². The minimum atomic E-state index is -4.43. The number of aromatic nitrogens is 2. The van der Waals surface area contributed by atoms with Gasteiger partial charge in [-0.1, -0.05) is 30.0 Å². The smallest absolute Gasteiger partial charge is 0.416 e. The van der Waals surface area contributed by atoms with Crippen LogP contribution in [0.1, 0.15) is 22.3 Å². The molecule has 0 spiro atoms. The standard InChI is InChI=1S/C29H28F3N3O4S/c1-17-11-18(2)13-21(12-17)33-26(36)16-40-28-34-23-15-25(39-4)24(38-3)14-22(23)27(37)35(28)10-9-19-5-7-20(8-6-19)29(30,31)32/h5-8,11-15H,9-10,16H2,1-4H3,(H,33,36). The van der Waals surface area contributed by atoms with E-state index in [1.54, 1.807) is 12.1 Å². The summed E-state index contributed by atoms with van der Waals surface area (Å²) in [7, 11) is 2.93. The number of nitrogens with one attached hydrogen (secondary N) is 1. The number of carbonyl (C=O) groups excluding carboxylic acids is 1. The molecule has 0 bridgehead atoms. The highest BCUT2D eigenvalue weighted by molar-refractivity contribution is 7.99. The van der Waals surface area contributed by atoms with Crippen molar-refractivity contribution in [3.8, 4) is 11.5 Å². The molecule has 0 aliphatic rings. The van der Waals surface area contributed by atoms with Crippen LogP contribution >= 0.6 is 11.8 Å². The zero-order valence-electron chi connectivity index (χ0n) is 22.4. The second-order valence-electron chi connectivity index (χ2n) is 9.23. The lowest BCUT2D eigenvalue weighted by molar-refractivity contribution is -0.137. The number of nitrogens with zero attached hydrogens (tertiary/aromatic N) is 2. The molecule has 0 saturated heterocycles. The molecular formula is C29H28F3N3O4S. The van der Waals surface area contributed by atoms with E-state index in [1.807, 2.05) is 32.0 Å². The monoisotopic (exact) mass is 571 g/mol. The highest BCUT2D eigenvalue weighted by atomic mass is 32.2. The first-order valence-corrected chi connectivity index (χ1v) is 13.3. The molecule has 0 aliphatic heterocycles. The molecule has 210 valence electrons. The Kier molecular flexibility index (Phi) is 8.73. The molecule has 4 aromatic rings. The SMILES string of the molecule is COc1cc2nc(SCC(=O)Nc3cc(C)cc(C)c3)n(CCc3ccc(C(F)(F)F)cc3)c(=O)c2cc1OC. The molecule has 0 saturated carbocycles. The Morgan fingerprint density at radius 1 is 0.975 bits per heavy atom. The molecule has 0 fully saturated rings. The van der Waals surface area contributed by atoms with Crippen molar-refractivity contribution in [3.05, 3.63) is 87.2 Å². The van der Waals surface area contributed by atoms with Crippen molar-refractivity contribution in [2.24, 2.45) is 0 Å². The molecule has 40 heavy (non-hydrogen) atoms. The van der Waals surface area contributed by atoms with Crippen molar-refractivity contribution in [2.75, 3.05) is 25.3 Å². The normalized spacial score (nSPS) is 11.5. The molecule has 0 radical (unpaired) electrons. The third-order valence-electron chi connectivity index (χ3n) is 6.17. The van der Waals surface area contributed by atoms with Gasteiger partial charge in [0.05, 0.1) is 36.4 Å².